The Labute approximate surface area is 92.7 Å². The number of aromatic carboxylic acids is 1. The molecule has 0 atom stereocenters. The predicted molar refractivity (Wildman–Crippen MR) is 48.1 cm³/mol. The second-order valence-electron chi connectivity index (χ2n) is 2.76. The summed E-state index contributed by atoms with van der Waals surface area (Å²) >= 11 is 5.37. The molecule has 0 bridgehead atoms. The van der Waals surface area contributed by atoms with E-state index in [1.54, 1.807) is 0 Å². The number of carboxylic acids is 1. The van der Waals surface area contributed by atoms with Crippen molar-refractivity contribution < 1.29 is 23.1 Å². The molecule has 0 saturated heterocycles. The van der Waals surface area contributed by atoms with Gasteiger partial charge in [-0.05, 0) is 12.1 Å². The van der Waals surface area contributed by atoms with Crippen molar-refractivity contribution in [2.75, 3.05) is 0 Å². The third kappa shape index (κ3) is 2.09. The molecule has 0 saturated carbocycles. The molecule has 0 fully saturated rings. The Hall–Kier alpha value is -1.74. The second-order valence-corrected chi connectivity index (χ2v) is 3.17. The zero-order valence-electron chi connectivity index (χ0n) is 7.47. The summed E-state index contributed by atoms with van der Waals surface area (Å²) in [6.45, 7) is 0. The molecule has 1 aromatic rings. The molecular weight excluding hydrogens is 247 g/mol. The van der Waals surface area contributed by atoms with E-state index >= 15 is 0 Å². The molecule has 0 aliphatic carbocycles. The smallest absolute Gasteiger partial charge is 0.418 e. The van der Waals surface area contributed by atoms with Crippen molar-refractivity contribution in [1.82, 2.24) is 0 Å². The van der Waals surface area contributed by atoms with E-state index in [9.17, 15) is 18.0 Å². The second kappa shape index (κ2) is 4.02. The van der Waals surface area contributed by atoms with Gasteiger partial charge in [-0.2, -0.15) is 18.4 Å². The van der Waals surface area contributed by atoms with Crippen LogP contribution >= 0.6 is 11.6 Å². The van der Waals surface area contributed by atoms with Gasteiger partial charge in [0.1, 0.15) is 0 Å². The molecule has 0 aliphatic heterocycles. The van der Waals surface area contributed by atoms with Crippen LogP contribution in [0.4, 0.5) is 13.2 Å². The lowest BCUT2D eigenvalue weighted by molar-refractivity contribution is -0.138. The molecule has 0 amide bonds. The number of halogens is 4. The third-order valence-corrected chi connectivity index (χ3v) is 2.09. The number of benzene rings is 1. The van der Waals surface area contributed by atoms with Crippen LogP contribution in [-0.2, 0) is 6.18 Å². The molecule has 0 unspecified atom stereocenters. The SMILES string of the molecule is N#Cc1ccc(Cl)c(C(=O)O)c1C(F)(F)F. The van der Waals surface area contributed by atoms with E-state index in [2.05, 4.69) is 0 Å². The average molecular weight is 250 g/mol. The van der Waals surface area contributed by atoms with Crippen molar-refractivity contribution in [3.8, 4) is 6.07 Å². The lowest BCUT2D eigenvalue weighted by Gasteiger charge is -2.12. The molecular formula is C9H3ClF3NO2. The Balaban J connectivity index is 3.71. The number of alkyl halides is 3. The Bertz CT molecular complexity index is 491. The van der Waals surface area contributed by atoms with Gasteiger partial charge in [-0.25, -0.2) is 4.79 Å². The van der Waals surface area contributed by atoms with Crippen LogP contribution in [0.1, 0.15) is 21.5 Å². The standard InChI is InChI=1S/C9H3ClF3NO2/c10-5-2-1-4(3-14)7(9(11,12)13)6(5)8(15)16/h1-2H,(H,15,16). The minimum Gasteiger partial charge on any atom is -0.478 e. The van der Waals surface area contributed by atoms with Gasteiger partial charge in [-0.15, -0.1) is 0 Å². The van der Waals surface area contributed by atoms with Crippen molar-refractivity contribution in [3.05, 3.63) is 33.8 Å². The van der Waals surface area contributed by atoms with Gasteiger partial charge in [0.05, 0.1) is 27.8 Å². The number of nitriles is 1. The fraction of sp³-hybridized carbons (Fsp3) is 0.111. The molecule has 16 heavy (non-hydrogen) atoms. The first kappa shape index (κ1) is 12.3. The maximum Gasteiger partial charge on any atom is 0.418 e. The monoisotopic (exact) mass is 249 g/mol. The highest BCUT2D eigenvalue weighted by molar-refractivity contribution is 6.33. The largest absolute Gasteiger partial charge is 0.478 e. The quantitative estimate of drug-likeness (QED) is 0.832. The van der Waals surface area contributed by atoms with E-state index in [0.717, 1.165) is 12.1 Å². The molecule has 0 aromatic heterocycles. The summed E-state index contributed by atoms with van der Waals surface area (Å²) in [5, 5.41) is 16.6. The van der Waals surface area contributed by atoms with Gasteiger partial charge >= 0.3 is 12.1 Å². The Morgan fingerprint density at radius 2 is 2.00 bits per heavy atom. The maximum atomic E-state index is 12.6. The van der Waals surface area contributed by atoms with Crippen LogP contribution in [0.15, 0.2) is 12.1 Å². The van der Waals surface area contributed by atoms with Crippen LogP contribution in [-0.4, -0.2) is 11.1 Å². The van der Waals surface area contributed by atoms with Gasteiger partial charge in [-0.3, -0.25) is 0 Å². The third-order valence-electron chi connectivity index (χ3n) is 1.77. The summed E-state index contributed by atoms with van der Waals surface area (Å²) in [6, 6.07) is 3.06. The lowest BCUT2D eigenvalue weighted by atomic mass is 10.0. The first-order chi connectivity index (χ1) is 7.29. The van der Waals surface area contributed by atoms with E-state index in [0.29, 0.717) is 0 Å². The van der Waals surface area contributed by atoms with Gasteiger partial charge in [0.2, 0.25) is 0 Å². The van der Waals surface area contributed by atoms with Crippen molar-refractivity contribution in [2.45, 2.75) is 6.18 Å². The van der Waals surface area contributed by atoms with Gasteiger partial charge in [-0.1, -0.05) is 11.6 Å². The molecule has 3 nitrogen and oxygen atoms in total. The summed E-state index contributed by atoms with van der Waals surface area (Å²) < 4.78 is 37.7. The Kier molecular flexibility index (Phi) is 3.10. The lowest BCUT2D eigenvalue weighted by Crippen LogP contribution is -2.15. The minimum atomic E-state index is -4.94. The predicted octanol–water partition coefficient (Wildman–Crippen LogP) is 2.93. The highest BCUT2D eigenvalue weighted by Crippen LogP contribution is 2.37. The molecule has 1 aromatic carbocycles. The summed E-state index contributed by atoms with van der Waals surface area (Å²) in [6.07, 6.45) is -4.94. The molecule has 0 radical (unpaired) electrons. The van der Waals surface area contributed by atoms with Gasteiger partial charge in [0.15, 0.2) is 0 Å². The topological polar surface area (TPSA) is 61.1 Å². The minimum absolute atomic E-state index is 0.557. The Morgan fingerprint density at radius 3 is 2.38 bits per heavy atom. The van der Waals surface area contributed by atoms with E-state index in [1.807, 2.05) is 0 Å². The van der Waals surface area contributed by atoms with E-state index in [-0.39, 0.29) is 0 Å². The van der Waals surface area contributed by atoms with Crippen LogP contribution in [0.5, 0.6) is 0 Å². The fourth-order valence-electron chi connectivity index (χ4n) is 1.17. The van der Waals surface area contributed by atoms with Gasteiger partial charge < -0.3 is 5.11 Å². The number of hydrogen-bond acceptors (Lipinski definition) is 2. The van der Waals surface area contributed by atoms with Crippen LogP contribution in [0.3, 0.4) is 0 Å². The maximum absolute atomic E-state index is 12.6. The van der Waals surface area contributed by atoms with Gasteiger partial charge in [0, 0.05) is 0 Å². The van der Waals surface area contributed by atoms with Crippen LogP contribution in [0.25, 0.3) is 0 Å². The number of hydrogen-bond donors (Lipinski definition) is 1. The van der Waals surface area contributed by atoms with Crippen LogP contribution in [0.2, 0.25) is 5.02 Å². The van der Waals surface area contributed by atoms with Crippen molar-refractivity contribution in [1.29, 1.82) is 5.26 Å². The number of carbonyl (C=O) groups is 1. The molecule has 84 valence electrons. The number of nitrogens with zero attached hydrogens (tertiary/aromatic N) is 1. The number of carboxylic acid groups (broad SMARTS) is 1. The van der Waals surface area contributed by atoms with Crippen LogP contribution < -0.4 is 0 Å². The highest BCUT2D eigenvalue weighted by Gasteiger charge is 2.39. The first-order valence-corrected chi connectivity index (χ1v) is 4.20. The van der Waals surface area contributed by atoms with E-state index in [4.69, 9.17) is 22.0 Å². The summed E-state index contributed by atoms with van der Waals surface area (Å²) in [5.41, 5.74) is -3.39. The van der Waals surface area contributed by atoms with Crippen molar-refractivity contribution in [2.24, 2.45) is 0 Å². The van der Waals surface area contributed by atoms with E-state index in [1.165, 1.54) is 6.07 Å². The first-order valence-electron chi connectivity index (χ1n) is 3.82. The molecule has 0 heterocycles. The zero-order chi connectivity index (χ0) is 12.5. The number of rotatable bonds is 1. The van der Waals surface area contributed by atoms with Gasteiger partial charge in [0.25, 0.3) is 0 Å². The summed E-state index contributed by atoms with van der Waals surface area (Å²) in [4.78, 5) is 10.7. The molecule has 0 spiro atoms. The average Bonchev–Trinajstić information content (AvgIpc) is 2.15. The summed E-state index contributed by atoms with van der Waals surface area (Å²) in [5.74, 6) is -1.82. The fourth-order valence-corrected chi connectivity index (χ4v) is 1.41. The van der Waals surface area contributed by atoms with Crippen molar-refractivity contribution >= 4 is 17.6 Å². The zero-order valence-corrected chi connectivity index (χ0v) is 8.23. The normalized spacial score (nSPS) is 10.9. The van der Waals surface area contributed by atoms with E-state index < -0.39 is 33.9 Å². The Morgan fingerprint density at radius 1 is 1.44 bits per heavy atom. The molecule has 0 aliphatic rings. The molecule has 7 heteroatoms. The van der Waals surface area contributed by atoms with Crippen molar-refractivity contribution in [3.63, 3.8) is 0 Å². The molecule has 1 rings (SSSR count). The van der Waals surface area contributed by atoms with Crippen LogP contribution in [0, 0.1) is 11.3 Å². The molecule has 1 N–H and O–H groups in total. The summed E-state index contributed by atoms with van der Waals surface area (Å²) in [7, 11) is 0. The highest BCUT2D eigenvalue weighted by atomic mass is 35.5.